The number of aliphatic imine (C=N–C) groups is 5. The predicted octanol–water partition coefficient (Wildman–Crippen LogP) is -7.49. The van der Waals surface area contributed by atoms with Crippen LogP contribution in [0.15, 0.2) is 25.0 Å². The van der Waals surface area contributed by atoms with Crippen molar-refractivity contribution in [3.05, 3.63) is 0 Å². The highest BCUT2D eigenvalue weighted by atomic mass is 16.4. The lowest BCUT2D eigenvalue weighted by atomic mass is 10.0. The molecule has 0 saturated carbocycles. The van der Waals surface area contributed by atoms with Gasteiger partial charge in [0, 0.05) is 39.3 Å². The van der Waals surface area contributed by atoms with E-state index in [4.69, 9.17) is 57.3 Å². The van der Waals surface area contributed by atoms with Gasteiger partial charge in [-0.05, 0) is 96.4 Å². The van der Waals surface area contributed by atoms with E-state index in [1.54, 1.807) is 0 Å². The van der Waals surface area contributed by atoms with Crippen LogP contribution in [0.5, 0.6) is 0 Å². The monoisotopic (exact) mass is 993 g/mol. The molecule has 2 fully saturated rings. The van der Waals surface area contributed by atoms with Crippen molar-refractivity contribution in [3.8, 4) is 0 Å². The van der Waals surface area contributed by atoms with Crippen LogP contribution in [0, 0.1) is 0 Å². The average molecular weight is 993 g/mol. The molecule has 2 aliphatic heterocycles. The smallest absolute Gasteiger partial charge is 0.326 e. The van der Waals surface area contributed by atoms with E-state index in [0.717, 1.165) is 6.42 Å². The summed E-state index contributed by atoms with van der Waals surface area (Å²) in [6.07, 6.45) is 2.93. The first-order valence-electron chi connectivity index (χ1n) is 23.3. The molecule has 0 radical (unpaired) electrons. The number of nitrogens with two attached hydrogens (primary N) is 10. The van der Waals surface area contributed by atoms with Gasteiger partial charge in [-0.15, -0.1) is 0 Å². The highest BCUT2D eigenvalue weighted by molar-refractivity contribution is 5.97. The van der Waals surface area contributed by atoms with Crippen molar-refractivity contribution >= 4 is 71.2 Å². The topological polar surface area (TPSA) is 537 Å². The van der Waals surface area contributed by atoms with Gasteiger partial charge >= 0.3 is 5.97 Å². The second kappa shape index (κ2) is 31.6. The molecule has 7 atom stereocenters. The third kappa shape index (κ3) is 23.1. The molecule has 2 rings (SSSR count). The molecule has 70 heavy (non-hydrogen) atoms. The zero-order valence-corrected chi connectivity index (χ0v) is 39.7. The van der Waals surface area contributed by atoms with Crippen molar-refractivity contribution in [2.24, 2.45) is 82.3 Å². The van der Waals surface area contributed by atoms with Gasteiger partial charge in [-0.3, -0.25) is 53.7 Å². The van der Waals surface area contributed by atoms with Gasteiger partial charge in [-0.2, -0.15) is 0 Å². The van der Waals surface area contributed by atoms with E-state index in [9.17, 15) is 38.7 Å². The number of carbonyl (C=O) groups is 7. The van der Waals surface area contributed by atoms with Gasteiger partial charge in [0.05, 0.1) is 6.04 Å². The first kappa shape index (κ1) is 58.7. The molecule has 30 heteroatoms. The van der Waals surface area contributed by atoms with Crippen molar-refractivity contribution < 1.29 is 38.7 Å². The van der Waals surface area contributed by atoms with Crippen LogP contribution in [0.1, 0.15) is 89.9 Å². The normalized spacial score (nSPS) is 17.2. The lowest BCUT2D eigenvalue weighted by Gasteiger charge is -2.31. The average Bonchev–Trinajstić information content (AvgIpc) is 4.02. The third-order valence-electron chi connectivity index (χ3n) is 11.1. The minimum atomic E-state index is -1.36. The number of nitrogens with one attached hydrogen (secondary N) is 6. The molecule has 2 aliphatic rings. The Morgan fingerprint density at radius 3 is 1.21 bits per heavy atom. The molecule has 27 N–H and O–H groups in total. The van der Waals surface area contributed by atoms with Gasteiger partial charge < -0.3 is 99.2 Å². The van der Waals surface area contributed by atoms with Crippen LogP contribution in [-0.2, 0) is 33.6 Å². The Bertz CT molecular complexity index is 1890. The van der Waals surface area contributed by atoms with Crippen LogP contribution in [0.3, 0.4) is 0 Å². The molecule has 0 unspecified atom stereocenters. The van der Waals surface area contributed by atoms with E-state index in [0.29, 0.717) is 19.4 Å². The summed E-state index contributed by atoms with van der Waals surface area (Å²) in [5.41, 5.74) is 54.8. The van der Waals surface area contributed by atoms with Gasteiger partial charge in [0.15, 0.2) is 29.8 Å². The zero-order chi connectivity index (χ0) is 52.2. The van der Waals surface area contributed by atoms with Crippen LogP contribution < -0.4 is 89.2 Å². The van der Waals surface area contributed by atoms with Gasteiger partial charge in [0.25, 0.3) is 0 Å². The Morgan fingerprint density at radius 1 is 0.486 bits per heavy atom. The molecule has 0 aromatic heterocycles. The van der Waals surface area contributed by atoms with Gasteiger partial charge in [-0.1, -0.05) is 0 Å². The van der Waals surface area contributed by atoms with Crippen LogP contribution in [-0.4, -0.2) is 169 Å². The molecule has 30 nitrogen and oxygen atoms in total. The zero-order valence-electron chi connectivity index (χ0n) is 39.7. The van der Waals surface area contributed by atoms with Crippen molar-refractivity contribution in [3.63, 3.8) is 0 Å². The predicted molar refractivity (Wildman–Crippen MR) is 263 cm³/mol. The Balaban J connectivity index is 2.46. The number of rotatable bonds is 32. The van der Waals surface area contributed by atoms with Crippen molar-refractivity contribution in [1.82, 2.24) is 36.8 Å². The maximum Gasteiger partial charge on any atom is 0.326 e. The minimum Gasteiger partial charge on any atom is -0.480 e. The number of carboxylic acid groups (broad SMARTS) is 1. The molecular formula is C40H76N22O8. The fourth-order valence-electron chi connectivity index (χ4n) is 7.61. The molecule has 394 valence electrons. The number of nitrogens with zero attached hydrogens (tertiary/aromatic N) is 6. The molecule has 0 spiro atoms. The van der Waals surface area contributed by atoms with Crippen LogP contribution >= 0.6 is 0 Å². The number of guanidine groups is 5. The minimum absolute atomic E-state index is 0.00489. The number of carbonyl (C=O) groups excluding carboxylic acids is 6. The van der Waals surface area contributed by atoms with E-state index in [1.807, 2.05) is 0 Å². The fourth-order valence-corrected chi connectivity index (χ4v) is 7.61. The highest BCUT2D eigenvalue weighted by Crippen LogP contribution is 2.21. The van der Waals surface area contributed by atoms with E-state index in [1.165, 1.54) is 4.90 Å². The maximum atomic E-state index is 14.4. The third-order valence-corrected chi connectivity index (χ3v) is 11.1. The highest BCUT2D eigenvalue weighted by Gasteiger charge is 2.40. The fraction of sp³-hybridized carbons (Fsp3) is 0.700. The molecule has 6 amide bonds. The summed E-state index contributed by atoms with van der Waals surface area (Å²) in [7, 11) is 0. The number of amides is 6. The second-order valence-corrected chi connectivity index (χ2v) is 16.7. The van der Waals surface area contributed by atoms with E-state index in [-0.39, 0.29) is 140 Å². The number of carboxylic acids is 1. The largest absolute Gasteiger partial charge is 0.480 e. The van der Waals surface area contributed by atoms with Gasteiger partial charge in [0.2, 0.25) is 35.4 Å². The maximum absolute atomic E-state index is 14.4. The van der Waals surface area contributed by atoms with E-state index >= 15 is 0 Å². The van der Waals surface area contributed by atoms with E-state index in [2.05, 4.69) is 56.9 Å². The summed E-state index contributed by atoms with van der Waals surface area (Å²) in [6, 6.07) is -8.01. The molecule has 0 aromatic carbocycles. The standard InChI is InChI=1S/C40H76N22O8/c41-36(42)52-16-2-9-23(57-29(63)22-8-1-15-51-22)30(64)58-24(10-3-17-53-37(43)44)31(65)59-25(11-4-18-54-38(45)46)32(66)60-26(12-5-19-55-39(47)48)34(68)62-21-7-14-28(62)33(67)61-27(35(69)70)13-6-20-56-40(49)50/h22-28,51H,1-21H2,(H,57,63)(H,58,64)(H,59,65)(H,60,66)(H,61,67)(H,69,70)(H4,41,42,52)(H4,43,44,53)(H4,45,46,54)(H4,47,48,55)(H4,49,50,56)/t22-,23-,24-,25-,26-,27-,28-/m0/s1. The van der Waals surface area contributed by atoms with Crippen molar-refractivity contribution in [2.45, 2.75) is 132 Å². The van der Waals surface area contributed by atoms with Crippen LogP contribution in [0.4, 0.5) is 0 Å². The first-order chi connectivity index (χ1) is 33.2. The Morgan fingerprint density at radius 2 is 0.843 bits per heavy atom. The number of hydrogen-bond acceptors (Lipinski definition) is 13. The second-order valence-electron chi connectivity index (χ2n) is 16.7. The molecular weight excluding hydrogens is 917 g/mol. The van der Waals surface area contributed by atoms with Crippen LogP contribution in [0.2, 0.25) is 0 Å². The summed E-state index contributed by atoms with van der Waals surface area (Å²) in [5.74, 6) is -6.35. The Labute approximate surface area is 406 Å². The lowest BCUT2D eigenvalue weighted by molar-refractivity contribution is -0.145. The quantitative estimate of drug-likeness (QED) is 0.0169. The Kier molecular flexibility index (Phi) is 26.5. The summed E-state index contributed by atoms with van der Waals surface area (Å²) < 4.78 is 0. The number of hydrogen-bond donors (Lipinski definition) is 17. The van der Waals surface area contributed by atoms with Gasteiger partial charge in [0.1, 0.15) is 36.3 Å². The number of aliphatic carboxylic acids is 1. The first-order valence-corrected chi connectivity index (χ1v) is 23.3. The molecule has 0 bridgehead atoms. The summed E-state index contributed by atoms with van der Waals surface area (Å²) >= 11 is 0. The SMILES string of the molecule is NC(N)=NCCC[C@H](NC(=O)[C@@H]1CCCN1C(=O)[C@H](CCCN=C(N)N)NC(=O)[C@H](CCCN=C(N)N)NC(=O)[C@H](CCCN=C(N)N)NC(=O)[C@H](CCCN=C(N)N)NC(=O)[C@@H]1CCCN1)C(=O)O. The Hall–Kier alpha value is -7.40. The summed E-state index contributed by atoms with van der Waals surface area (Å²) in [4.78, 5) is 117. The molecule has 2 heterocycles. The summed E-state index contributed by atoms with van der Waals surface area (Å²) in [6.45, 7) is 1.20. The summed E-state index contributed by atoms with van der Waals surface area (Å²) in [5, 5.41) is 26.4. The molecule has 0 aliphatic carbocycles. The van der Waals surface area contributed by atoms with Crippen molar-refractivity contribution in [2.75, 3.05) is 45.8 Å². The number of likely N-dealkylation sites (tertiary alicyclic amines) is 1. The molecule has 2 saturated heterocycles. The van der Waals surface area contributed by atoms with Gasteiger partial charge in [-0.25, -0.2) is 4.79 Å². The van der Waals surface area contributed by atoms with E-state index < -0.39 is 83.7 Å². The van der Waals surface area contributed by atoms with Crippen molar-refractivity contribution in [1.29, 1.82) is 0 Å². The molecule has 0 aromatic rings. The lowest BCUT2D eigenvalue weighted by Crippen LogP contribution is -2.59. The van der Waals surface area contributed by atoms with Crippen LogP contribution in [0.25, 0.3) is 0 Å².